The number of rotatable bonds is 3. The van der Waals surface area contributed by atoms with Crippen molar-refractivity contribution in [3.63, 3.8) is 0 Å². The number of aromatic hydroxyl groups is 1. The minimum atomic E-state index is -0.549. The Morgan fingerprint density at radius 2 is 1.77 bits per heavy atom. The van der Waals surface area contributed by atoms with Gasteiger partial charge in [0.2, 0.25) is 5.91 Å². The molecule has 4 atom stereocenters. The third-order valence-electron chi connectivity index (χ3n) is 7.41. The molecule has 0 radical (unpaired) electrons. The second kappa shape index (κ2) is 8.28. The fraction of sp³-hybridized carbons (Fsp3) is 0.458. The van der Waals surface area contributed by atoms with Gasteiger partial charge in [-0.25, -0.2) is 0 Å². The highest BCUT2D eigenvalue weighted by Crippen LogP contribution is 2.56. The summed E-state index contributed by atoms with van der Waals surface area (Å²) in [5.74, 6) is 0.544. The molecule has 2 heterocycles. The first-order valence-corrected chi connectivity index (χ1v) is 11.6. The third-order valence-corrected chi connectivity index (χ3v) is 7.90. The zero-order valence-electron chi connectivity index (χ0n) is 17.2. The Hall–Kier alpha value is -1.79. The predicted octanol–water partition coefficient (Wildman–Crippen LogP) is 4.18. The number of benzene rings is 2. The summed E-state index contributed by atoms with van der Waals surface area (Å²) in [5, 5.41) is 15.1. The number of nitrogens with zero attached hydrogens (tertiary/aromatic N) is 1. The lowest BCUT2D eigenvalue weighted by Gasteiger charge is -2.52. The normalized spacial score (nSPS) is 31.3. The summed E-state index contributed by atoms with van der Waals surface area (Å²) >= 11 is 12.3. The van der Waals surface area contributed by atoms with Crippen LogP contribution in [0.5, 0.6) is 5.75 Å². The SMILES string of the molecule is O=C1NC[C@H]2[C@@H](c3ccc(Cl)cc3)C(c3ccc(Cl)cc3O)CC[C@@]12N1CCOCC1. The van der Waals surface area contributed by atoms with Crippen LogP contribution < -0.4 is 5.32 Å². The molecule has 1 aliphatic carbocycles. The van der Waals surface area contributed by atoms with Gasteiger partial charge in [-0.2, -0.15) is 0 Å². The number of phenols is 1. The van der Waals surface area contributed by atoms with Crippen molar-refractivity contribution >= 4 is 29.1 Å². The number of nitrogens with one attached hydrogen (secondary N) is 1. The number of hydrogen-bond donors (Lipinski definition) is 2. The molecule has 1 unspecified atom stereocenters. The average molecular weight is 461 g/mol. The van der Waals surface area contributed by atoms with Crippen molar-refractivity contribution in [1.82, 2.24) is 10.2 Å². The van der Waals surface area contributed by atoms with Crippen LogP contribution in [-0.2, 0) is 9.53 Å². The molecule has 31 heavy (non-hydrogen) atoms. The van der Waals surface area contributed by atoms with Crippen molar-refractivity contribution < 1.29 is 14.6 Å². The molecule has 2 saturated heterocycles. The van der Waals surface area contributed by atoms with Crippen LogP contribution in [0, 0.1) is 5.92 Å². The van der Waals surface area contributed by atoms with Crippen LogP contribution in [0.3, 0.4) is 0 Å². The Bertz CT molecular complexity index is 977. The summed E-state index contributed by atoms with van der Waals surface area (Å²) < 4.78 is 5.58. The second-order valence-electron chi connectivity index (χ2n) is 8.77. The van der Waals surface area contributed by atoms with E-state index in [0.29, 0.717) is 29.8 Å². The van der Waals surface area contributed by atoms with Crippen LogP contribution in [0.25, 0.3) is 0 Å². The highest BCUT2D eigenvalue weighted by molar-refractivity contribution is 6.31. The molecule has 0 spiro atoms. The molecule has 2 aliphatic heterocycles. The maximum Gasteiger partial charge on any atom is 0.240 e. The van der Waals surface area contributed by atoms with E-state index in [1.807, 2.05) is 24.3 Å². The zero-order chi connectivity index (χ0) is 21.6. The molecular weight excluding hydrogens is 435 g/mol. The standard InChI is InChI=1S/C24H26Cl2N2O3/c25-16-3-1-15(2-4-16)22-19(18-6-5-17(26)13-21(18)29)7-8-24(20(22)14-27-23(24)30)28-9-11-31-12-10-28/h1-6,13,19-20,22,29H,7-12,14H2,(H,27,30)/t19?,20-,22-,24-/m0/s1. The quantitative estimate of drug-likeness (QED) is 0.720. The fourth-order valence-corrected chi connectivity index (χ4v) is 6.37. The Balaban J connectivity index is 1.62. The van der Waals surface area contributed by atoms with Gasteiger partial charge in [0, 0.05) is 35.6 Å². The van der Waals surface area contributed by atoms with Gasteiger partial charge in [-0.1, -0.05) is 41.4 Å². The Morgan fingerprint density at radius 1 is 1.06 bits per heavy atom. The summed E-state index contributed by atoms with van der Waals surface area (Å²) in [7, 11) is 0. The molecular formula is C24H26Cl2N2O3. The smallest absolute Gasteiger partial charge is 0.240 e. The number of fused-ring (bicyclic) bond motifs is 1. The highest BCUT2D eigenvalue weighted by Gasteiger charge is 2.60. The van der Waals surface area contributed by atoms with Gasteiger partial charge in [-0.3, -0.25) is 9.69 Å². The van der Waals surface area contributed by atoms with E-state index in [2.05, 4.69) is 22.3 Å². The zero-order valence-corrected chi connectivity index (χ0v) is 18.7. The summed E-state index contributed by atoms with van der Waals surface area (Å²) in [6.45, 7) is 3.43. The fourth-order valence-electron chi connectivity index (χ4n) is 6.08. The minimum Gasteiger partial charge on any atom is -0.508 e. The highest BCUT2D eigenvalue weighted by atomic mass is 35.5. The number of carbonyl (C=O) groups is 1. The van der Waals surface area contributed by atoms with E-state index in [1.165, 1.54) is 0 Å². The molecule has 164 valence electrons. The summed E-state index contributed by atoms with van der Waals surface area (Å²) in [5.41, 5.74) is 1.48. The number of hydrogen-bond acceptors (Lipinski definition) is 4. The van der Waals surface area contributed by atoms with Crippen molar-refractivity contribution in [2.45, 2.75) is 30.2 Å². The first-order chi connectivity index (χ1) is 15.0. The molecule has 2 aromatic rings. The van der Waals surface area contributed by atoms with Crippen LogP contribution in [0.15, 0.2) is 42.5 Å². The molecule has 2 aromatic carbocycles. The van der Waals surface area contributed by atoms with E-state index in [0.717, 1.165) is 37.1 Å². The monoisotopic (exact) mass is 460 g/mol. The third kappa shape index (κ3) is 3.52. The van der Waals surface area contributed by atoms with Gasteiger partial charge < -0.3 is 15.2 Å². The van der Waals surface area contributed by atoms with Crippen LogP contribution in [-0.4, -0.2) is 54.3 Å². The molecule has 3 aliphatic rings. The lowest BCUT2D eigenvalue weighted by Crippen LogP contribution is -2.63. The topological polar surface area (TPSA) is 61.8 Å². The lowest BCUT2D eigenvalue weighted by atomic mass is 9.59. The van der Waals surface area contributed by atoms with Gasteiger partial charge in [-0.15, -0.1) is 0 Å². The first kappa shape index (κ1) is 21.1. The molecule has 5 nitrogen and oxygen atoms in total. The van der Waals surface area contributed by atoms with E-state index >= 15 is 0 Å². The van der Waals surface area contributed by atoms with E-state index in [1.54, 1.807) is 6.07 Å². The maximum atomic E-state index is 13.3. The number of phenolic OH excluding ortho intramolecular Hbond substituents is 1. The van der Waals surface area contributed by atoms with Crippen molar-refractivity contribution in [1.29, 1.82) is 0 Å². The van der Waals surface area contributed by atoms with Gasteiger partial charge in [-0.05, 0) is 60.1 Å². The Morgan fingerprint density at radius 3 is 2.48 bits per heavy atom. The first-order valence-electron chi connectivity index (χ1n) is 10.9. The molecule has 7 heteroatoms. The molecule has 1 saturated carbocycles. The van der Waals surface area contributed by atoms with Gasteiger partial charge in [0.15, 0.2) is 0 Å². The summed E-state index contributed by atoms with van der Waals surface area (Å²) in [6.07, 6.45) is 1.55. The van der Waals surface area contributed by atoms with Crippen molar-refractivity contribution in [2.24, 2.45) is 5.92 Å². The number of morpholine rings is 1. The van der Waals surface area contributed by atoms with Gasteiger partial charge >= 0.3 is 0 Å². The number of carbonyl (C=O) groups excluding carboxylic acids is 1. The van der Waals surface area contributed by atoms with Crippen LogP contribution >= 0.6 is 23.2 Å². The van der Waals surface area contributed by atoms with Gasteiger partial charge in [0.25, 0.3) is 0 Å². The lowest BCUT2D eigenvalue weighted by molar-refractivity contribution is -0.139. The van der Waals surface area contributed by atoms with Crippen LogP contribution in [0.1, 0.15) is 35.8 Å². The molecule has 2 N–H and O–H groups in total. The maximum absolute atomic E-state index is 13.3. The van der Waals surface area contributed by atoms with Gasteiger partial charge in [0.1, 0.15) is 11.3 Å². The number of amides is 1. The van der Waals surface area contributed by atoms with Crippen LogP contribution in [0.2, 0.25) is 10.0 Å². The number of halogens is 2. The molecule has 1 amide bonds. The summed E-state index contributed by atoms with van der Waals surface area (Å²) in [4.78, 5) is 15.7. The molecule has 0 bridgehead atoms. The van der Waals surface area contributed by atoms with Crippen molar-refractivity contribution in [3.05, 3.63) is 63.6 Å². The van der Waals surface area contributed by atoms with E-state index < -0.39 is 5.54 Å². The molecule has 0 aromatic heterocycles. The van der Waals surface area contributed by atoms with E-state index in [-0.39, 0.29) is 29.4 Å². The predicted molar refractivity (Wildman–Crippen MR) is 121 cm³/mol. The largest absolute Gasteiger partial charge is 0.508 e. The van der Waals surface area contributed by atoms with E-state index in [9.17, 15) is 9.90 Å². The van der Waals surface area contributed by atoms with Gasteiger partial charge in [0.05, 0.1) is 13.2 Å². The van der Waals surface area contributed by atoms with Crippen molar-refractivity contribution in [2.75, 3.05) is 32.8 Å². The minimum absolute atomic E-state index is 0.0555. The number of ether oxygens (including phenoxy) is 1. The Labute approximate surface area is 192 Å². The van der Waals surface area contributed by atoms with Crippen LogP contribution in [0.4, 0.5) is 0 Å². The Kier molecular flexibility index (Phi) is 5.63. The van der Waals surface area contributed by atoms with Crippen molar-refractivity contribution in [3.8, 4) is 5.75 Å². The molecule has 3 fully saturated rings. The van der Waals surface area contributed by atoms with E-state index in [4.69, 9.17) is 27.9 Å². The molecule has 5 rings (SSSR count). The second-order valence-corrected chi connectivity index (χ2v) is 9.64. The average Bonchev–Trinajstić information content (AvgIpc) is 3.12. The summed E-state index contributed by atoms with van der Waals surface area (Å²) in [6, 6.07) is 13.3.